The van der Waals surface area contributed by atoms with E-state index >= 15 is 0 Å². The van der Waals surface area contributed by atoms with Crippen LogP contribution in [-0.2, 0) is 4.79 Å². The largest absolute Gasteiger partial charge is 0.494 e. The number of carbonyl (C=O) groups excluding carboxylic acids is 1. The lowest BCUT2D eigenvalue weighted by Crippen LogP contribution is -2.04. The van der Waals surface area contributed by atoms with Gasteiger partial charge in [0.1, 0.15) is 11.4 Å². The van der Waals surface area contributed by atoms with Crippen molar-refractivity contribution in [2.24, 2.45) is 0 Å². The molecule has 0 saturated carbocycles. The summed E-state index contributed by atoms with van der Waals surface area (Å²) in [5, 5.41) is 14.1. The summed E-state index contributed by atoms with van der Waals surface area (Å²) in [5.74, 6) is 0.0408. The number of methoxy groups -OCH3 is 1. The van der Waals surface area contributed by atoms with E-state index in [4.69, 9.17) is 9.47 Å². The second kappa shape index (κ2) is 5.01. The molecule has 1 aromatic heterocycles. The van der Waals surface area contributed by atoms with Crippen LogP contribution in [0.2, 0.25) is 0 Å². The van der Waals surface area contributed by atoms with E-state index in [1.54, 1.807) is 25.1 Å². The second-order valence-electron chi connectivity index (χ2n) is 3.93. The van der Waals surface area contributed by atoms with Gasteiger partial charge in [-0.25, -0.2) is 0 Å². The highest BCUT2D eigenvalue weighted by Gasteiger charge is 2.19. The zero-order chi connectivity index (χ0) is 14.0. The number of aromatic hydroxyl groups is 1. The number of hydrogen-bond donors (Lipinski definition) is 1. The van der Waals surface area contributed by atoms with Gasteiger partial charge in [0, 0.05) is 6.92 Å². The summed E-state index contributed by atoms with van der Waals surface area (Å²) >= 11 is 0. The number of hydrogen-bond acceptors (Lipinski definition) is 5. The Hall–Kier alpha value is -2.50. The van der Waals surface area contributed by atoms with Crippen LogP contribution >= 0.6 is 0 Å². The van der Waals surface area contributed by atoms with E-state index in [0.29, 0.717) is 17.0 Å². The SMILES string of the molecule is COc1ccccc1-n1nc(OC(C)=O)c(C)c1O. The van der Waals surface area contributed by atoms with Crippen molar-refractivity contribution in [1.29, 1.82) is 0 Å². The minimum Gasteiger partial charge on any atom is -0.494 e. The predicted molar refractivity (Wildman–Crippen MR) is 67.8 cm³/mol. The monoisotopic (exact) mass is 262 g/mol. The molecule has 0 saturated heterocycles. The van der Waals surface area contributed by atoms with Crippen LogP contribution in [0.4, 0.5) is 0 Å². The molecular weight excluding hydrogens is 248 g/mol. The van der Waals surface area contributed by atoms with Crippen LogP contribution in [0, 0.1) is 6.92 Å². The summed E-state index contributed by atoms with van der Waals surface area (Å²) in [6.07, 6.45) is 0. The van der Waals surface area contributed by atoms with Gasteiger partial charge in [-0.2, -0.15) is 4.68 Å². The summed E-state index contributed by atoms with van der Waals surface area (Å²) in [4.78, 5) is 11.0. The summed E-state index contributed by atoms with van der Waals surface area (Å²) < 4.78 is 11.4. The van der Waals surface area contributed by atoms with Gasteiger partial charge in [0.25, 0.3) is 0 Å². The molecule has 0 amide bonds. The van der Waals surface area contributed by atoms with Crippen molar-refractivity contribution in [3.63, 3.8) is 0 Å². The number of nitrogens with zero attached hydrogens (tertiary/aromatic N) is 2. The van der Waals surface area contributed by atoms with Crippen LogP contribution in [-0.4, -0.2) is 28.0 Å². The number of ether oxygens (including phenoxy) is 2. The molecule has 0 spiro atoms. The lowest BCUT2D eigenvalue weighted by Gasteiger charge is -2.08. The van der Waals surface area contributed by atoms with Crippen LogP contribution in [0.5, 0.6) is 17.5 Å². The normalized spacial score (nSPS) is 10.3. The van der Waals surface area contributed by atoms with E-state index in [0.717, 1.165) is 0 Å². The van der Waals surface area contributed by atoms with Gasteiger partial charge in [-0.15, -0.1) is 5.10 Å². The van der Waals surface area contributed by atoms with Crippen molar-refractivity contribution in [3.8, 4) is 23.2 Å². The van der Waals surface area contributed by atoms with Crippen molar-refractivity contribution in [2.75, 3.05) is 7.11 Å². The molecular formula is C13H14N2O4. The highest BCUT2D eigenvalue weighted by Crippen LogP contribution is 2.32. The first kappa shape index (κ1) is 12.9. The number of esters is 1. The van der Waals surface area contributed by atoms with Crippen LogP contribution in [0.1, 0.15) is 12.5 Å². The average Bonchev–Trinajstić information content (AvgIpc) is 2.66. The van der Waals surface area contributed by atoms with Crippen molar-refractivity contribution in [2.45, 2.75) is 13.8 Å². The van der Waals surface area contributed by atoms with Gasteiger partial charge in [-0.3, -0.25) is 4.79 Å². The van der Waals surface area contributed by atoms with E-state index in [1.807, 2.05) is 6.07 Å². The average molecular weight is 262 g/mol. The Morgan fingerprint density at radius 3 is 2.68 bits per heavy atom. The molecule has 0 aliphatic heterocycles. The first-order valence-electron chi connectivity index (χ1n) is 5.65. The van der Waals surface area contributed by atoms with Crippen molar-refractivity contribution >= 4 is 5.97 Å². The molecule has 0 radical (unpaired) electrons. The molecule has 0 unspecified atom stereocenters. The molecule has 2 aromatic rings. The lowest BCUT2D eigenvalue weighted by molar-refractivity contribution is -0.132. The van der Waals surface area contributed by atoms with Gasteiger partial charge < -0.3 is 14.6 Å². The minimum absolute atomic E-state index is 0.0795. The predicted octanol–water partition coefficient (Wildman–Crippen LogP) is 1.82. The Morgan fingerprint density at radius 2 is 2.05 bits per heavy atom. The molecule has 19 heavy (non-hydrogen) atoms. The summed E-state index contributed by atoms with van der Waals surface area (Å²) in [5.41, 5.74) is 0.949. The zero-order valence-corrected chi connectivity index (χ0v) is 10.9. The van der Waals surface area contributed by atoms with Crippen LogP contribution in [0.25, 0.3) is 5.69 Å². The molecule has 1 N–H and O–H groups in total. The van der Waals surface area contributed by atoms with Gasteiger partial charge in [0.15, 0.2) is 0 Å². The molecule has 2 rings (SSSR count). The molecule has 0 aliphatic carbocycles. The van der Waals surface area contributed by atoms with E-state index < -0.39 is 5.97 Å². The summed E-state index contributed by atoms with van der Waals surface area (Å²) in [6, 6.07) is 7.09. The third-order valence-electron chi connectivity index (χ3n) is 2.60. The molecule has 0 bridgehead atoms. The van der Waals surface area contributed by atoms with Gasteiger partial charge in [-0.05, 0) is 19.1 Å². The maximum Gasteiger partial charge on any atom is 0.309 e. The fraction of sp³-hybridized carbons (Fsp3) is 0.231. The summed E-state index contributed by atoms with van der Waals surface area (Å²) in [7, 11) is 1.53. The van der Waals surface area contributed by atoms with Gasteiger partial charge in [0.2, 0.25) is 11.8 Å². The fourth-order valence-electron chi connectivity index (χ4n) is 1.67. The molecule has 1 heterocycles. The van der Waals surface area contributed by atoms with Crippen LogP contribution in [0.3, 0.4) is 0 Å². The van der Waals surface area contributed by atoms with Crippen LogP contribution < -0.4 is 9.47 Å². The Labute approximate surface area is 110 Å². The van der Waals surface area contributed by atoms with E-state index in [1.165, 1.54) is 18.7 Å². The van der Waals surface area contributed by atoms with Crippen molar-refractivity contribution in [3.05, 3.63) is 29.8 Å². The van der Waals surface area contributed by atoms with Crippen molar-refractivity contribution < 1.29 is 19.4 Å². The second-order valence-corrected chi connectivity index (χ2v) is 3.93. The number of carbonyl (C=O) groups is 1. The summed E-state index contributed by atoms with van der Waals surface area (Å²) in [6.45, 7) is 2.89. The topological polar surface area (TPSA) is 73.6 Å². The van der Waals surface area contributed by atoms with E-state index in [2.05, 4.69) is 5.10 Å². The molecule has 1 aromatic carbocycles. The molecule has 0 fully saturated rings. The highest BCUT2D eigenvalue weighted by atomic mass is 16.5. The third kappa shape index (κ3) is 2.37. The first-order valence-corrected chi connectivity index (χ1v) is 5.65. The Morgan fingerprint density at radius 1 is 1.37 bits per heavy atom. The molecule has 0 aliphatic rings. The smallest absolute Gasteiger partial charge is 0.309 e. The number of rotatable bonds is 3. The fourth-order valence-corrected chi connectivity index (χ4v) is 1.67. The third-order valence-corrected chi connectivity index (χ3v) is 2.60. The minimum atomic E-state index is -0.493. The standard InChI is InChI=1S/C13H14N2O4/c1-8-12(19-9(2)16)14-15(13(8)17)10-6-4-5-7-11(10)18-3/h4-7,17H,1-3H3. The lowest BCUT2D eigenvalue weighted by atomic mass is 10.3. The molecule has 6 nitrogen and oxygen atoms in total. The van der Waals surface area contributed by atoms with Gasteiger partial charge >= 0.3 is 5.97 Å². The van der Waals surface area contributed by atoms with Gasteiger partial charge in [0.05, 0.1) is 12.7 Å². The quantitative estimate of drug-likeness (QED) is 0.854. The highest BCUT2D eigenvalue weighted by molar-refractivity contribution is 5.69. The number of aromatic nitrogens is 2. The van der Waals surface area contributed by atoms with E-state index in [9.17, 15) is 9.90 Å². The molecule has 6 heteroatoms. The first-order chi connectivity index (χ1) is 9.04. The Kier molecular flexibility index (Phi) is 3.41. The van der Waals surface area contributed by atoms with Gasteiger partial charge in [-0.1, -0.05) is 12.1 Å². The van der Waals surface area contributed by atoms with Crippen molar-refractivity contribution in [1.82, 2.24) is 9.78 Å². The maximum atomic E-state index is 11.0. The maximum absolute atomic E-state index is 11.0. The zero-order valence-electron chi connectivity index (χ0n) is 10.9. The Balaban J connectivity index is 2.54. The van der Waals surface area contributed by atoms with E-state index in [-0.39, 0.29) is 11.8 Å². The molecule has 100 valence electrons. The molecule has 0 atom stereocenters. The number of benzene rings is 1. The Bertz CT molecular complexity index is 619. The van der Waals surface area contributed by atoms with Crippen LogP contribution in [0.15, 0.2) is 24.3 Å². The number of para-hydroxylation sites is 2.